The number of carbonyl (C=O) groups is 1. The highest BCUT2D eigenvalue weighted by atomic mass is 16.6. The van der Waals surface area contributed by atoms with E-state index in [1.807, 2.05) is 32.9 Å². The quantitative estimate of drug-likeness (QED) is 0.830. The summed E-state index contributed by atoms with van der Waals surface area (Å²) < 4.78 is 27.9. The first-order chi connectivity index (χ1) is 13.3. The minimum atomic E-state index is -0.576. The van der Waals surface area contributed by atoms with Crippen LogP contribution in [-0.4, -0.2) is 33.0 Å². The molecule has 28 heavy (non-hydrogen) atoms. The third-order valence-corrected chi connectivity index (χ3v) is 4.59. The van der Waals surface area contributed by atoms with Crippen LogP contribution < -0.4 is 19.5 Å². The Labute approximate surface area is 164 Å². The van der Waals surface area contributed by atoms with Crippen molar-refractivity contribution >= 4 is 6.09 Å². The Morgan fingerprint density at radius 2 is 1.86 bits per heavy atom. The summed E-state index contributed by atoms with van der Waals surface area (Å²) in [5, 5.41) is 2.93. The first-order valence-electron chi connectivity index (χ1n) is 9.18. The van der Waals surface area contributed by atoms with E-state index in [1.165, 1.54) is 0 Å². The molecule has 1 atom stereocenters. The van der Waals surface area contributed by atoms with Crippen molar-refractivity contribution in [1.29, 1.82) is 0 Å². The van der Waals surface area contributed by atoms with Crippen LogP contribution in [0.25, 0.3) is 11.1 Å². The molecule has 0 spiro atoms. The van der Waals surface area contributed by atoms with E-state index in [2.05, 4.69) is 5.32 Å². The Hall–Kier alpha value is -2.83. The SMILES string of the molecule is COc1cc2c(c(OC)c1OC)-c1ccoc1[C@@H](NC(=O)OC(C)(C)C)CC2. The molecule has 7 nitrogen and oxygen atoms in total. The number of alkyl carbamates (subject to hydrolysis) is 1. The second kappa shape index (κ2) is 7.66. The number of fused-ring (bicyclic) bond motifs is 3. The molecule has 0 bridgehead atoms. The number of methoxy groups -OCH3 is 3. The van der Waals surface area contributed by atoms with E-state index in [1.54, 1.807) is 27.6 Å². The van der Waals surface area contributed by atoms with Gasteiger partial charge in [-0.05, 0) is 51.3 Å². The fourth-order valence-electron chi connectivity index (χ4n) is 3.52. The molecule has 7 heteroatoms. The molecule has 1 aliphatic carbocycles. The van der Waals surface area contributed by atoms with Crippen LogP contribution >= 0.6 is 0 Å². The molecule has 1 aromatic carbocycles. The standard InChI is InChI=1S/C21H27NO6/c1-21(2,3)28-20(23)22-14-8-7-12-11-15(24-4)18(25-5)19(26-6)16(12)13-9-10-27-17(13)14/h9-11,14H,7-8H2,1-6H3,(H,22,23)/t14-/m0/s1. The van der Waals surface area contributed by atoms with Gasteiger partial charge in [-0.3, -0.25) is 0 Å². The summed E-state index contributed by atoms with van der Waals surface area (Å²) in [6, 6.07) is 3.50. The van der Waals surface area contributed by atoms with Gasteiger partial charge in [-0.15, -0.1) is 0 Å². The predicted octanol–water partition coefficient (Wildman–Crippen LogP) is 4.48. The number of hydrogen-bond acceptors (Lipinski definition) is 6. The van der Waals surface area contributed by atoms with E-state index in [4.69, 9.17) is 23.4 Å². The van der Waals surface area contributed by atoms with Gasteiger partial charge in [-0.1, -0.05) is 0 Å². The minimum absolute atomic E-state index is 0.325. The Morgan fingerprint density at radius 1 is 1.14 bits per heavy atom. The van der Waals surface area contributed by atoms with Crippen LogP contribution in [0.2, 0.25) is 0 Å². The van der Waals surface area contributed by atoms with E-state index in [9.17, 15) is 4.79 Å². The molecule has 1 heterocycles. The lowest BCUT2D eigenvalue weighted by molar-refractivity contribution is 0.0495. The van der Waals surface area contributed by atoms with E-state index >= 15 is 0 Å². The topological polar surface area (TPSA) is 79.2 Å². The highest BCUT2D eigenvalue weighted by molar-refractivity contribution is 5.82. The van der Waals surface area contributed by atoms with Gasteiger partial charge in [0.05, 0.1) is 33.6 Å². The molecule has 0 aliphatic heterocycles. The maximum atomic E-state index is 12.3. The zero-order valence-corrected chi connectivity index (χ0v) is 17.2. The second-order valence-electron chi connectivity index (χ2n) is 7.62. The van der Waals surface area contributed by atoms with E-state index in [-0.39, 0.29) is 6.04 Å². The lowest BCUT2D eigenvalue weighted by Crippen LogP contribution is -2.35. The van der Waals surface area contributed by atoms with E-state index in [0.29, 0.717) is 35.9 Å². The summed E-state index contributed by atoms with van der Waals surface area (Å²) in [4.78, 5) is 12.3. The molecule has 1 amide bonds. The van der Waals surface area contributed by atoms with Crippen LogP contribution in [0.3, 0.4) is 0 Å². The fourth-order valence-corrected chi connectivity index (χ4v) is 3.52. The van der Waals surface area contributed by atoms with Crippen LogP contribution in [-0.2, 0) is 11.2 Å². The molecule has 0 radical (unpaired) electrons. The molecule has 1 N–H and O–H groups in total. The van der Waals surface area contributed by atoms with Gasteiger partial charge in [-0.2, -0.15) is 0 Å². The van der Waals surface area contributed by atoms with Gasteiger partial charge in [0.25, 0.3) is 0 Å². The lowest BCUT2D eigenvalue weighted by atomic mass is 9.97. The summed E-state index contributed by atoms with van der Waals surface area (Å²) in [5.41, 5.74) is 2.20. The summed E-state index contributed by atoms with van der Waals surface area (Å²) in [5.74, 6) is 2.36. The van der Waals surface area contributed by atoms with Gasteiger partial charge in [0, 0.05) is 11.1 Å². The molecule has 3 rings (SSSR count). The highest BCUT2D eigenvalue weighted by Gasteiger charge is 2.32. The molecular formula is C21H27NO6. The van der Waals surface area contributed by atoms with Crippen molar-refractivity contribution in [3.05, 3.63) is 29.7 Å². The first kappa shape index (κ1) is 19.9. The normalized spacial score (nSPS) is 15.7. The van der Waals surface area contributed by atoms with Crippen molar-refractivity contribution in [1.82, 2.24) is 5.32 Å². The minimum Gasteiger partial charge on any atom is -0.493 e. The number of aryl methyl sites for hydroxylation is 1. The summed E-state index contributed by atoms with van der Waals surface area (Å²) in [6.45, 7) is 5.49. The number of benzene rings is 1. The van der Waals surface area contributed by atoms with Gasteiger partial charge < -0.3 is 28.7 Å². The Balaban J connectivity index is 2.05. The van der Waals surface area contributed by atoms with Crippen molar-refractivity contribution in [3.63, 3.8) is 0 Å². The number of amides is 1. The van der Waals surface area contributed by atoms with Crippen LogP contribution in [0.4, 0.5) is 4.79 Å². The zero-order valence-electron chi connectivity index (χ0n) is 17.2. The zero-order chi connectivity index (χ0) is 20.5. The van der Waals surface area contributed by atoms with Crippen LogP contribution in [0.1, 0.15) is 44.6 Å². The second-order valence-corrected chi connectivity index (χ2v) is 7.62. The molecule has 0 unspecified atom stereocenters. The van der Waals surface area contributed by atoms with Crippen molar-refractivity contribution < 1.29 is 28.2 Å². The Bertz CT molecular complexity index is 865. The number of rotatable bonds is 4. The molecule has 1 aliphatic rings. The number of hydrogen-bond donors (Lipinski definition) is 1. The molecule has 0 saturated carbocycles. The third-order valence-electron chi connectivity index (χ3n) is 4.59. The molecular weight excluding hydrogens is 362 g/mol. The average molecular weight is 389 g/mol. The van der Waals surface area contributed by atoms with Crippen LogP contribution in [0, 0.1) is 0 Å². The highest BCUT2D eigenvalue weighted by Crippen LogP contribution is 2.50. The molecule has 2 aromatic rings. The summed E-state index contributed by atoms with van der Waals surface area (Å²) in [6.07, 6.45) is 2.47. The van der Waals surface area contributed by atoms with Crippen molar-refractivity contribution in [2.24, 2.45) is 0 Å². The Kier molecular flexibility index (Phi) is 5.45. The third kappa shape index (κ3) is 3.74. The van der Waals surface area contributed by atoms with Gasteiger partial charge in [0.1, 0.15) is 11.4 Å². The smallest absolute Gasteiger partial charge is 0.408 e. The van der Waals surface area contributed by atoms with Crippen LogP contribution in [0.5, 0.6) is 17.2 Å². The maximum absolute atomic E-state index is 12.3. The number of furan rings is 1. The Morgan fingerprint density at radius 3 is 2.46 bits per heavy atom. The number of ether oxygens (including phenoxy) is 4. The first-order valence-corrected chi connectivity index (χ1v) is 9.18. The fraction of sp³-hybridized carbons (Fsp3) is 0.476. The van der Waals surface area contributed by atoms with Gasteiger partial charge in [-0.25, -0.2) is 4.79 Å². The average Bonchev–Trinajstić information content (AvgIpc) is 3.06. The van der Waals surface area contributed by atoms with E-state index < -0.39 is 11.7 Å². The van der Waals surface area contributed by atoms with Crippen LogP contribution in [0.15, 0.2) is 22.8 Å². The van der Waals surface area contributed by atoms with Crippen molar-refractivity contribution in [3.8, 4) is 28.4 Å². The molecule has 152 valence electrons. The lowest BCUT2D eigenvalue weighted by Gasteiger charge is -2.22. The summed E-state index contributed by atoms with van der Waals surface area (Å²) in [7, 11) is 4.77. The van der Waals surface area contributed by atoms with Gasteiger partial charge in [0.2, 0.25) is 5.75 Å². The molecule has 0 fully saturated rings. The molecule has 0 saturated heterocycles. The van der Waals surface area contributed by atoms with Crippen molar-refractivity contribution in [2.75, 3.05) is 21.3 Å². The molecule has 1 aromatic heterocycles. The number of nitrogens with one attached hydrogen (secondary N) is 1. The van der Waals surface area contributed by atoms with E-state index in [0.717, 1.165) is 16.7 Å². The van der Waals surface area contributed by atoms with Gasteiger partial charge >= 0.3 is 6.09 Å². The summed E-state index contributed by atoms with van der Waals surface area (Å²) >= 11 is 0. The predicted molar refractivity (Wildman–Crippen MR) is 104 cm³/mol. The van der Waals surface area contributed by atoms with Crippen molar-refractivity contribution in [2.45, 2.75) is 45.3 Å². The monoisotopic (exact) mass is 389 g/mol. The number of carbonyl (C=O) groups excluding carboxylic acids is 1. The maximum Gasteiger partial charge on any atom is 0.408 e. The largest absolute Gasteiger partial charge is 0.493 e. The van der Waals surface area contributed by atoms with Gasteiger partial charge in [0.15, 0.2) is 11.5 Å².